The molecule has 16 heavy (non-hydrogen) atoms. The lowest BCUT2D eigenvalue weighted by molar-refractivity contribution is 0.479. The number of halogens is 1. The zero-order valence-electron chi connectivity index (χ0n) is 7.83. The van der Waals surface area contributed by atoms with Crippen LogP contribution in [0.2, 0.25) is 0 Å². The number of nitrogens with zero attached hydrogens (tertiary/aromatic N) is 1. The quantitative estimate of drug-likeness (QED) is 0.816. The van der Waals surface area contributed by atoms with Crippen LogP contribution in [0.1, 0.15) is 0 Å². The minimum Gasteiger partial charge on any atom is -0.357 e. The molecule has 1 aromatic carbocycles. The third-order valence-corrected chi connectivity index (χ3v) is 4.02. The molecule has 0 atom stereocenters. The predicted molar refractivity (Wildman–Crippen MR) is 64.1 cm³/mol. The van der Waals surface area contributed by atoms with Gasteiger partial charge in [0.1, 0.15) is 4.90 Å². The Bertz CT molecular complexity index is 563. The Morgan fingerprint density at radius 1 is 1.19 bits per heavy atom. The zero-order chi connectivity index (χ0) is 11.6. The van der Waals surface area contributed by atoms with Crippen LogP contribution in [-0.4, -0.2) is 12.8 Å². The molecular weight excluding hydrogens is 314 g/mol. The van der Waals surface area contributed by atoms with Gasteiger partial charge in [-0.1, -0.05) is 15.9 Å². The highest BCUT2D eigenvalue weighted by atomic mass is 79.9. The average Bonchev–Trinajstić information content (AvgIpc) is 2.70. The molecule has 0 aliphatic rings. The van der Waals surface area contributed by atoms with Gasteiger partial charge in [0.05, 0.1) is 0 Å². The molecule has 0 amide bonds. The van der Waals surface area contributed by atoms with Gasteiger partial charge < -0.3 is 4.18 Å². The van der Waals surface area contributed by atoms with Gasteiger partial charge in [-0.3, -0.25) is 0 Å². The van der Waals surface area contributed by atoms with E-state index in [1.807, 2.05) is 0 Å². The molecule has 0 saturated heterocycles. The first-order valence-corrected chi connectivity index (χ1v) is 7.22. The highest BCUT2D eigenvalue weighted by molar-refractivity contribution is 9.10. The number of hydrogen-bond donors (Lipinski definition) is 0. The summed E-state index contributed by atoms with van der Waals surface area (Å²) in [7, 11) is -3.78. The largest absolute Gasteiger partial charge is 0.357 e. The second kappa shape index (κ2) is 4.52. The normalized spacial score (nSPS) is 11.3. The Morgan fingerprint density at radius 3 is 2.44 bits per heavy atom. The highest BCUT2D eigenvalue weighted by Crippen LogP contribution is 2.19. The Labute approximate surface area is 105 Å². The fourth-order valence-corrected chi connectivity index (χ4v) is 2.64. The molecule has 0 N–H and O–H groups in total. The van der Waals surface area contributed by atoms with Crippen molar-refractivity contribution in [2.75, 3.05) is 0 Å². The van der Waals surface area contributed by atoms with E-state index in [4.69, 9.17) is 4.18 Å². The lowest BCUT2D eigenvalue weighted by Crippen LogP contribution is -2.09. The summed E-state index contributed by atoms with van der Waals surface area (Å²) in [5.41, 5.74) is 0. The maximum absolute atomic E-state index is 11.7. The molecule has 0 fully saturated rings. The van der Waals surface area contributed by atoms with Crippen molar-refractivity contribution in [1.29, 1.82) is 0 Å². The van der Waals surface area contributed by atoms with Crippen LogP contribution in [0.3, 0.4) is 0 Å². The van der Waals surface area contributed by atoms with Gasteiger partial charge in [0.25, 0.3) is 0 Å². The van der Waals surface area contributed by atoms with Crippen LogP contribution in [0.25, 0.3) is 0 Å². The van der Waals surface area contributed by atoms with Crippen molar-refractivity contribution in [3.05, 3.63) is 40.2 Å². The van der Waals surface area contributed by atoms with E-state index in [2.05, 4.69) is 20.3 Å². The Morgan fingerprint density at radius 2 is 1.88 bits per heavy atom. The van der Waals surface area contributed by atoms with Gasteiger partial charge in [-0.05, 0) is 35.8 Å². The van der Waals surface area contributed by atoms with Gasteiger partial charge in [-0.2, -0.15) is 12.8 Å². The third-order valence-electron chi connectivity index (χ3n) is 1.71. The van der Waals surface area contributed by atoms with Crippen molar-refractivity contribution in [3.63, 3.8) is 0 Å². The second-order valence-electron chi connectivity index (χ2n) is 2.83. The fourth-order valence-electron chi connectivity index (χ4n) is 1.01. The molecule has 84 valence electrons. The van der Waals surface area contributed by atoms with Crippen LogP contribution in [0.4, 0.5) is 0 Å². The van der Waals surface area contributed by atoms with E-state index >= 15 is 0 Å². The number of aromatic nitrogens is 1. The summed E-state index contributed by atoms with van der Waals surface area (Å²) in [5.74, 6) is 0.0907. The van der Waals surface area contributed by atoms with Crippen LogP contribution in [0, 0.1) is 0 Å². The van der Waals surface area contributed by atoms with Crippen molar-refractivity contribution in [2.24, 2.45) is 0 Å². The van der Waals surface area contributed by atoms with E-state index < -0.39 is 10.1 Å². The molecule has 1 heterocycles. The van der Waals surface area contributed by atoms with E-state index in [1.165, 1.54) is 18.2 Å². The van der Waals surface area contributed by atoms with Crippen molar-refractivity contribution in [3.8, 4) is 5.88 Å². The van der Waals surface area contributed by atoms with Crippen LogP contribution < -0.4 is 4.18 Å². The highest BCUT2D eigenvalue weighted by Gasteiger charge is 2.17. The summed E-state index contributed by atoms with van der Waals surface area (Å²) in [6.07, 6.45) is 0. The molecule has 0 unspecified atom stereocenters. The van der Waals surface area contributed by atoms with Gasteiger partial charge in [0, 0.05) is 15.9 Å². The van der Waals surface area contributed by atoms with Crippen molar-refractivity contribution >= 4 is 37.6 Å². The van der Waals surface area contributed by atoms with Gasteiger partial charge in [0.2, 0.25) is 5.88 Å². The molecule has 0 aliphatic heterocycles. The molecule has 0 aliphatic carbocycles. The van der Waals surface area contributed by atoms with Crippen LogP contribution in [0.5, 0.6) is 5.88 Å². The van der Waals surface area contributed by atoms with Gasteiger partial charge in [-0.15, -0.1) is 0 Å². The van der Waals surface area contributed by atoms with E-state index in [1.54, 1.807) is 17.5 Å². The Kier molecular flexibility index (Phi) is 3.27. The summed E-state index contributed by atoms with van der Waals surface area (Å²) in [6.45, 7) is 0. The number of benzene rings is 1. The molecule has 2 rings (SSSR count). The van der Waals surface area contributed by atoms with Gasteiger partial charge >= 0.3 is 10.1 Å². The van der Waals surface area contributed by atoms with Crippen molar-refractivity contribution in [1.82, 2.24) is 4.37 Å². The van der Waals surface area contributed by atoms with Gasteiger partial charge in [-0.25, -0.2) is 0 Å². The third kappa shape index (κ3) is 2.60. The molecule has 2 aromatic rings. The summed E-state index contributed by atoms with van der Waals surface area (Å²) >= 11 is 4.36. The molecule has 4 nitrogen and oxygen atoms in total. The molecule has 7 heteroatoms. The fraction of sp³-hybridized carbons (Fsp3) is 0. The Hall–Kier alpha value is -0.920. The lowest BCUT2D eigenvalue weighted by atomic mass is 10.4. The molecule has 0 saturated carbocycles. The first-order chi connectivity index (χ1) is 7.58. The smallest absolute Gasteiger partial charge is 0.340 e. The molecule has 0 bridgehead atoms. The monoisotopic (exact) mass is 319 g/mol. The van der Waals surface area contributed by atoms with Crippen molar-refractivity contribution < 1.29 is 12.6 Å². The lowest BCUT2D eigenvalue weighted by Gasteiger charge is -2.03. The summed E-state index contributed by atoms with van der Waals surface area (Å²) in [4.78, 5) is 0.101. The SMILES string of the molecule is O=S(=O)(Oc1ccsn1)c1ccc(Br)cc1. The second-order valence-corrected chi connectivity index (χ2v) is 5.96. The first kappa shape index (κ1) is 11.6. The summed E-state index contributed by atoms with van der Waals surface area (Å²) in [6, 6.07) is 7.70. The average molecular weight is 320 g/mol. The number of hydrogen-bond acceptors (Lipinski definition) is 5. The van der Waals surface area contributed by atoms with Crippen LogP contribution in [0.15, 0.2) is 45.1 Å². The number of rotatable bonds is 3. The van der Waals surface area contributed by atoms with E-state index in [0.717, 1.165) is 16.0 Å². The standard InChI is InChI=1S/C9H6BrNO3S2/c10-7-1-3-8(4-2-7)16(12,13)14-9-5-6-15-11-9/h1-6H. The van der Waals surface area contributed by atoms with Crippen LogP contribution >= 0.6 is 27.5 Å². The summed E-state index contributed by atoms with van der Waals surface area (Å²) in [5, 5.41) is 1.65. The maximum atomic E-state index is 11.7. The maximum Gasteiger partial charge on any atom is 0.340 e. The zero-order valence-corrected chi connectivity index (χ0v) is 11.0. The van der Waals surface area contributed by atoms with Gasteiger partial charge in [0.15, 0.2) is 0 Å². The Balaban J connectivity index is 2.29. The minimum absolute atomic E-state index is 0.0907. The topological polar surface area (TPSA) is 56.3 Å². The molecule has 0 spiro atoms. The summed E-state index contributed by atoms with van der Waals surface area (Å²) < 4.78 is 32.9. The first-order valence-electron chi connectivity index (χ1n) is 4.18. The molecule has 1 aromatic heterocycles. The van der Waals surface area contributed by atoms with E-state index in [0.29, 0.717) is 0 Å². The van der Waals surface area contributed by atoms with Crippen molar-refractivity contribution in [2.45, 2.75) is 4.90 Å². The van der Waals surface area contributed by atoms with E-state index in [9.17, 15) is 8.42 Å². The predicted octanol–water partition coefficient (Wildman–Crippen LogP) is 2.67. The van der Waals surface area contributed by atoms with E-state index in [-0.39, 0.29) is 10.8 Å². The molecular formula is C9H6BrNO3S2. The molecule has 0 radical (unpaired) electrons. The van der Waals surface area contributed by atoms with Crippen LogP contribution in [-0.2, 0) is 10.1 Å². The minimum atomic E-state index is -3.78.